The third kappa shape index (κ3) is 3.61. The Bertz CT molecular complexity index is 689. The monoisotopic (exact) mass is 307 g/mol. The van der Waals surface area contributed by atoms with Crippen molar-refractivity contribution in [3.8, 4) is 11.8 Å². The molecule has 0 spiro atoms. The predicted octanol–water partition coefficient (Wildman–Crippen LogP) is -0.493. The van der Waals surface area contributed by atoms with Crippen LogP contribution in [0.4, 0.5) is 0 Å². The molecule has 0 unspecified atom stereocenters. The van der Waals surface area contributed by atoms with Gasteiger partial charge in [0.1, 0.15) is 0 Å². The van der Waals surface area contributed by atoms with Gasteiger partial charge in [0.15, 0.2) is 0 Å². The number of sulfonamides is 1. The quantitative estimate of drug-likeness (QED) is 0.721. The van der Waals surface area contributed by atoms with Gasteiger partial charge < -0.3 is 11.1 Å². The molecule has 0 bridgehead atoms. The molecule has 1 aliphatic rings. The van der Waals surface area contributed by atoms with E-state index in [1.165, 1.54) is 10.4 Å². The summed E-state index contributed by atoms with van der Waals surface area (Å²) < 4.78 is 26.6. The molecule has 3 N–H and O–H groups in total. The van der Waals surface area contributed by atoms with Crippen LogP contribution in [0.3, 0.4) is 0 Å². The second kappa shape index (κ2) is 6.72. The molecule has 1 aliphatic heterocycles. The normalized spacial score (nSPS) is 16.5. The Morgan fingerprint density at radius 3 is 2.86 bits per heavy atom. The molecular weight excluding hydrogens is 290 g/mol. The zero-order valence-corrected chi connectivity index (χ0v) is 12.3. The van der Waals surface area contributed by atoms with Gasteiger partial charge in [0, 0.05) is 18.7 Å². The molecule has 21 heavy (non-hydrogen) atoms. The van der Waals surface area contributed by atoms with E-state index in [0.29, 0.717) is 25.1 Å². The Hall–Kier alpha value is -1.88. The van der Waals surface area contributed by atoms with Gasteiger partial charge in [-0.05, 0) is 18.6 Å². The summed E-state index contributed by atoms with van der Waals surface area (Å²) in [6, 6.07) is 6.49. The van der Waals surface area contributed by atoms with E-state index < -0.39 is 10.0 Å². The largest absolute Gasteiger partial charge is 0.355 e. The number of nitrogens with zero attached hydrogens (tertiary/aromatic N) is 1. The first kappa shape index (κ1) is 15.5. The Balaban J connectivity index is 2.41. The number of hydrogen-bond acceptors (Lipinski definition) is 4. The van der Waals surface area contributed by atoms with Crippen molar-refractivity contribution >= 4 is 15.9 Å². The van der Waals surface area contributed by atoms with Crippen LogP contribution in [0.25, 0.3) is 0 Å². The summed E-state index contributed by atoms with van der Waals surface area (Å²) in [6.07, 6.45) is 0.585. The summed E-state index contributed by atoms with van der Waals surface area (Å²) in [6.45, 7) is 0.778. The van der Waals surface area contributed by atoms with Crippen LogP contribution in [0.15, 0.2) is 29.2 Å². The third-order valence-electron chi connectivity index (χ3n) is 3.06. The lowest BCUT2D eigenvalue weighted by molar-refractivity contribution is -0.120. The summed E-state index contributed by atoms with van der Waals surface area (Å²) in [7, 11) is -3.75. The molecule has 1 heterocycles. The molecule has 7 heteroatoms. The first-order chi connectivity index (χ1) is 10.1. The van der Waals surface area contributed by atoms with Crippen LogP contribution in [0.5, 0.6) is 0 Å². The highest BCUT2D eigenvalue weighted by atomic mass is 32.2. The molecule has 1 amide bonds. The first-order valence-corrected chi connectivity index (χ1v) is 8.04. The first-order valence-electron chi connectivity index (χ1n) is 6.60. The molecule has 1 fully saturated rings. The number of carbonyl (C=O) groups is 1. The molecule has 0 aromatic heterocycles. The molecule has 1 aromatic carbocycles. The van der Waals surface area contributed by atoms with Gasteiger partial charge >= 0.3 is 0 Å². The van der Waals surface area contributed by atoms with Crippen LogP contribution >= 0.6 is 0 Å². The predicted molar refractivity (Wildman–Crippen MR) is 78.8 cm³/mol. The lowest BCUT2D eigenvalue weighted by atomic mass is 10.2. The number of nitrogens with one attached hydrogen (secondary N) is 1. The molecule has 0 aliphatic carbocycles. The Morgan fingerprint density at radius 2 is 2.10 bits per heavy atom. The van der Waals surface area contributed by atoms with Gasteiger partial charge in [-0.2, -0.15) is 4.31 Å². The lowest BCUT2D eigenvalue weighted by Gasteiger charge is -2.19. The van der Waals surface area contributed by atoms with Crippen LogP contribution in [0.2, 0.25) is 0 Å². The van der Waals surface area contributed by atoms with Gasteiger partial charge in [-0.25, -0.2) is 8.42 Å². The van der Waals surface area contributed by atoms with E-state index in [9.17, 15) is 13.2 Å². The maximum atomic E-state index is 12.7. The van der Waals surface area contributed by atoms with Crippen molar-refractivity contribution in [3.63, 3.8) is 0 Å². The minimum atomic E-state index is -3.75. The van der Waals surface area contributed by atoms with Crippen LogP contribution in [0, 0.1) is 11.8 Å². The SMILES string of the molecule is NCC#Cc1ccccc1S(=O)(=O)N1CCCNC(=O)C1. The average Bonchev–Trinajstić information content (AvgIpc) is 2.70. The highest BCUT2D eigenvalue weighted by Crippen LogP contribution is 2.20. The average molecular weight is 307 g/mol. The summed E-state index contributed by atoms with van der Waals surface area (Å²) >= 11 is 0. The lowest BCUT2D eigenvalue weighted by Crippen LogP contribution is -2.37. The van der Waals surface area contributed by atoms with E-state index in [-0.39, 0.29) is 23.9 Å². The Kier molecular flexibility index (Phi) is 4.96. The van der Waals surface area contributed by atoms with Crippen molar-refractivity contribution in [2.45, 2.75) is 11.3 Å². The van der Waals surface area contributed by atoms with Crippen LogP contribution in [-0.4, -0.2) is 44.8 Å². The number of benzene rings is 1. The van der Waals surface area contributed by atoms with Crippen molar-refractivity contribution in [1.82, 2.24) is 9.62 Å². The second-order valence-corrected chi connectivity index (χ2v) is 6.45. The Labute approximate surface area is 124 Å². The summed E-state index contributed by atoms with van der Waals surface area (Å²) in [5.41, 5.74) is 5.73. The Morgan fingerprint density at radius 1 is 1.33 bits per heavy atom. The fraction of sp³-hybridized carbons (Fsp3) is 0.357. The minimum Gasteiger partial charge on any atom is -0.355 e. The smallest absolute Gasteiger partial charge is 0.244 e. The number of rotatable bonds is 2. The minimum absolute atomic E-state index is 0.112. The van der Waals surface area contributed by atoms with Crippen molar-refractivity contribution < 1.29 is 13.2 Å². The third-order valence-corrected chi connectivity index (χ3v) is 4.96. The highest BCUT2D eigenvalue weighted by Gasteiger charge is 2.29. The zero-order chi connectivity index (χ0) is 15.3. The number of carbonyl (C=O) groups excluding carboxylic acids is 1. The number of hydrogen-bond donors (Lipinski definition) is 2. The maximum Gasteiger partial charge on any atom is 0.244 e. The highest BCUT2D eigenvalue weighted by molar-refractivity contribution is 7.89. The van der Waals surface area contributed by atoms with Gasteiger partial charge in [-0.1, -0.05) is 24.0 Å². The van der Waals surface area contributed by atoms with Gasteiger partial charge in [-0.15, -0.1) is 0 Å². The van der Waals surface area contributed by atoms with E-state index >= 15 is 0 Å². The van der Waals surface area contributed by atoms with E-state index in [2.05, 4.69) is 17.2 Å². The molecular formula is C14H17N3O3S. The maximum absolute atomic E-state index is 12.7. The van der Waals surface area contributed by atoms with Crippen molar-refractivity contribution in [2.75, 3.05) is 26.2 Å². The second-order valence-electron chi connectivity index (χ2n) is 4.54. The van der Waals surface area contributed by atoms with Crippen LogP contribution in [-0.2, 0) is 14.8 Å². The van der Waals surface area contributed by atoms with Crippen molar-refractivity contribution in [2.24, 2.45) is 5.73 Å². The molecule has 1 aromatic rings. The van der Waals surface area contributed by atoms with E-state index in [0.717, 1.165) is 0 Å². The van der Waals surface area contributed by atoms with Gasteiger partial charge in [-0.3, -0.25) is 4.79 Å². The topological polar surface area (TPSA) is 92.5 Å². The molecule has 0 saturated carbocycles. The molecule has 0 radical (unpaired) electrons. The molecule has 1 saturated heterocycles. The molecule has 2 rings (SSSR count). The molecule has 112 valence electrons. The van der Waals surface area contributed by atoms with Crippen molar-refractivity contribution in [3.05, 3.63) is 29.8 Å². The van der Waals surface area contributed by atoms with Gasteiger partial charge in [0.25, 0.3) is 0 Å². The summed E-state index contributed by atoms with van der Waals surface area (Å²) in [5, 5.41) is 2.66. The van der Waals surface area contributed by atoms with Crippen LogP contribution < -0.4 is 11.1 Å². The number of amides is 1. The van der Waals surface area contributed by atoms with Gasteiger partial charge in [0.05, 0.1) is 18.0 Å². The standard InChI is InChI=1S/C14H17N3O3S/c15-8-3-6-12-5-1-2-7-13(12)21(19,20)17-10-4-9-16-14(18)11-17/h1-2,5,7H,4,8-11,15H2,(H,16,18). The number of nitrogens with two attached hydrogens (primary N) is 1. The van der Waals surface area contributed by atoms with Gasteiger partial charge in [0.2, 0.25) is 15.9 Å². The van der Waals surface area contributed by atoms with E-state index in [4.69, 9.17) is 5.73 Å². The fourth-order valence-electron chi connectivity index (χ4n) is 2.06. The molecule has 6 nitrogen and oxygen atoms in total. The van der Waals surface area contributed by atoms with Crippen LogP contribution in [0.1, 0.15) is 12.0 Å². The zero-order valence-electron chi connectivity index (χ0n) is 11.5. The molecule has 0 atom stereocenters. The van der Waals surface area contributed by atoms with E-state index in [1.807, 2.05) is 0 Å². The summed E-state index contributed by atoms with van der Waals surface area (Å²) in [4.78, 5) is 11.7. The fourth-order valence-corrected chi connectivity index (χ4v) is 3.65. The van der Waals surface area contributed by atoms with Crippen molar-refractivity contribution in [1.29, 1.82) is 0 Å². The van der Waals surface area contributed by atoms with E-state index in [1.54, 1.807) is 18.2 Å². The summed E-state index contributed by atoms with van der Waals surface area (Å²) in [5.74, 6) is 5.13.